The molecule has 0 aliphatic carbocycles. The van der Waals surface area contributed by atoms with Gasteiger partial charge in [-0.3, -0.25) is 0 Å². The van der Waals surface area contributed by atoms with E-state index in [0.29, 0.717) is 33.9 Å². The predicted molar refractivity (Wildman–Crippen MR) is 96.2 cm³/mol. The molecule has 3 rings (SSSR count). The van der Waals surface area contributed by atoms with Crippen LogP contribution in [0.25, 0.3) is 22.9 Å². The molecule has 0 aliphatic heterocycles. The maximum Gasteiger partial charge on any atom is 0.338 e. The van der Waals surface area contributed by atoms with Gasteiger partial charge in [-0.25, -0.2) is 4.79 Å². The molecule has 0 radical (unpaired) electrons. The molecule has 3 aromatic rings. The molecule has 2 aromatic carbocycles. The summed E-state index contributed by atoms with van der Waals surface area (Å²) in [6.45, 7) is 0. The molecule has 0 fully saturated rings. The average molecular weight is 370 g/mol. The van der Waals surface area contributed by atoms with E-state index in [1.807, 2.05) is 0 Å². The highest BCUT2D eigenvalue weighted by Gasteiger charge is 2.23. The molecule has 0 saturated carbocycles. The fourth-order valence-corrected chi connectivity index (χ4v) is 2.67. The number of aromatic nitrogens is 2. The molecule has 0 aliphatic rings. The van der Waals surface area contributed by atoms with Gasteiger partial charge >= 0.3 is 5.97 Å². The first-order valence-corrected chi connectivity index (χ1v) is 7.95. The molecule has 0 bridgehead atoms. The second-order valence-electron chi connectivity index (χ2n) is 5.33. The lowest BCUT2D eigenvalue weighted by Gasteiger charge is -2.13. The van der Waals surface area contributed by atoms with Gasteiger partial charge in [0.2, 0.25) is 11.6 Å². The summed E-state index contributed by atoms with van der Waals surface area (Å²) in [7, 11) is 5.86. The van der Waals surface area contributed by atoms with E-state index in [-0.39, 0.29) is 11.8 Å². The molecule has 0 N–H and O–H groups in total. The third kappa shape index (κ3) is 3.29. The van der Waals surface area contributed by atoms with E-state index < -0.39 is 5.97 Å². The predicted octanol–water partition coefficient (Wildman–Crippen LogP) is 3.22. The van der Waals surface area contributed by atoms with Gasteiger partial charge in [0.25, 0.3) is 5.89 Å². The molecule has 1 heterocycles. The van der Waals surface area contributed by atoms with Crippen LogP contribution in [-0.2, 0) is 4.74 Å². The molecule has 0 amide bonds. The Morgan fingerprint density at radius 2 is 1.48 bits per heavy atom. The zero-order valence-electron chi connectivity index (χ0n) is 15.3. The van der Waals surface area contributed by atoms with Crippen molar-refractivity contribution in [1.29, 1.82) is 0 Å². The number of hydrogen-bond donors (Lipinski definition) is 0. The Balaban J connectivity index is 2.09. The van der Waals surface area contributed by atoms with Gasteiger partial charge in [-0.05, 0) is 24.3 Å². The van der Waals surface area contributed by atoms with Crippen molar-refractivity contribution in [3.8, 4) is 40.2 Å². The summed E-state index contributed by atoms with van der Waals surface area (Å²) in [5.74, 6) is 1.22. The Hall–Kier alpha value is -3.55. The highest BCUT2D eigenvalue weighted by Crippen LogP contribution is 2.44. The number of ether oxygens (including phenoxy) is 4. The van der Waals surface area contributed by atoms with Crippen LogP contribution in [0.2, 0.25) is 0 Å². The van der Waals surface area contributed by atoms with E-state index >= 15 is 0 Å². The molecule has 0 spiro atoms. The van der Waals surface area contributed by atoms with Crippen LogP contribution in [0.4, 0.5) is 0 Å². The van der Waals surface area contributed by atoms with Crippen molar-refractivity contribution in [2.75, 3.05) is 28.4 Å². The van der Waals surface area contributed by atoms with Crippen LogP contribution in [0, 0.1) is 0 Å². The van der Waals surface area contributed by atoms with Crippen molar-refractivity contribution in [2.24, 2.45) is 0 Å². The van der Waals surface area contributed by atoms with Crippen molar-refractivity contribution in [3.63, 3.8) is 0 Å². The van der Waals surface area contributed by atoms with Crippen molar-refractivity contribution in [3.05, 3.63) is 42.0 Å². The summed E-state index contributed by atoms with van der Waals surface area (Å²) >= 11 is 0. The minimum atomic E-state index is -0.492. The highest BCUT2D eigenvalue weighted by atomic mass is 16.5. The van der Waals surface area contributed by atoms with Gasteiger partial charge in [0, 0.05) is 0 Å². The summed E-state index contributed by atoms with van der Waals surface area (Å²) in [6.07, 6.45) is 0. The second-order valence-corrected chi connectivity index (χ2v) is 5.33. The fourth-order valence-electron chi connectivity index (χ4n) is 2.67. The van der Waals surface area contributed by atoms with Gasteiger partial charge in [0.05, 0.1) is 45.1 Å². The van der Waals surface area contributed by atoms with E-state index in [0.717, 1.165) is 0 Å². The summed E-state index contributed by atoms with van der Waals surface area (Å²) in [5, 5.41) is 8.15. The smallest absolute Gasteiger partial charge is 0.338 e. The minimum Gasteiger partial charge on any atom is -0.493 e. The molecular formula is C19H18N2O6. The van der Waals surface area contributed by atoms with E-state index in [1.165, 1.54) is 28.4 Å². The topological polar surface area (TPSA) is 92.9 Å². The van der Waals surface area contributed by atoms with Crippen LogP contribution in [0.15, 0.2) is 40.8 Å². The van der Waals surface area contributed by atoms with Crippen LogP contribution in [0.1, 0.15) is 10.4 Å². The Bertz CT molecular complexity index is 967. The summed E-state index contributed by atoms with van der Waals surface area (Å²) in [5.41, 5.74) is 1.33. The number of benzene rings is 2. The summed E-state index contributed by atoms with van der Waals surface area (Å²) in [6, 6.07) is 10.3. The largest absolute Gasteiger partial charge is 0.493 e. The first-order chi connectivity index (χ1) is 13.1. The Labute approximate surface area is 155 Å². The lowest BCUT2D eigenvalue weighted by Crippen LogP contribution is -2.03. The molecule has 8 heteroatoms. The summed E-state index contributed by atoms with van der Waals surface area (Å²) in [4.78, 5) is 12.0. The van der Waals surface area contributed by atoms with Crippen LogP contribution in [0.5, 0.6) is 17.2 Å². The normalized spacial score (nSPS) is 10.4. The van der Waals surface area contributed by atoms with E-state index in [4.69, 9.17) is 23.4 Å². The van der Waals surface area contributed by atoms with Crippen molar-refractivity contribution < 1.29 is 28.2 Å². The quantitative estimate of drug-likeness (QED) is 0.611. The van der Waals surface area contributed by atoms with Crippen molar-refractivity contribution in [1.82, 2.24) is 10.2 Å². The monoisotopic (exact) mass is 370 g/mol. The number of carbonyl (C=O) groups is 1. The average Bonchev–Trinajstić information content (AvgIpc) is 3.21. The fraction of sp³-hybridized carbons (Fsp3) is 0.211. The lowest BCUT2D eigenvalue weighted by molar-refractivity contribution is 0.0601. The maximum absolute atomic E-state index is 12.0. The molecule has 1 aromatic heterocycles. The number of nitrogens with zero attached hydrogens (tertiary/aromatic N) is 2. The molecule has 140 valence electrons. The van der Waals surface area contributed by atoms with E-state index in [2.05, 4.69) is 10.2 Å². The Morgan fingerprint density at radius 3 is 2.11 bits per heavy atom. The zero-order chi connectivity index (χ0) is 19.4. The van der Waals surface area contributed by atoms with Gasteiger partial charge < -0.3 is 23.4 Å². The summed E-state index contributed by atoms with van der Waals surface area (Å²) < 4.78 is 26.7. The number of hydrogen-bond acceptors (Lipinski definition) is 8. The van der Waals surface area contributed by atoms with Gasteiger partial charge in [-0.1, -0.05) is 12.1 Å². The standard InChI is InChI=1S/C19H18N2O6/c1-23-14-10-9-13(15(24-2)16(14)25-3)18-21-20-17(27-18)11-7-5-6-8-12(11)19(22)26-4/h5-10H,1-4H3. The first kappa shape index (κ1) is 18.2. The van der Waals surface area contributed by atoms with Crippen molar-refractivity contribution in [2.45, 2.75) is 0 Å². The number of esters is 1. The van der Waals surface area contributed by atoms with Crippen LogP contribution in [-0.4, -0.2) is 44.6 Å². The second kappa shape index (κ2) is 7.77. The number of carbonyl (C=O) groups excluding carboxylic acids is 1. The maximum atomic E-state index is 12.0. The van der Waals surface area contributed by atoms with Crippen LogP contribution >= 0.6 is 0 Å². The minimum absolute atomic E-state index is 0.183. The van der Waals surface area contributed by atoms with Gasteiger partial charge in [-0.2, -0.15) is 0 Å². The molecule has 8 nitrogen and oxygen atoms in total. The third-order valence-electron chi connectivity index (χ3n) is 3.92. The zero-order valence-corrected chi connectivity index (χ0v) is 15.3. The third-order valence-corrected chi connectivity index (χ3v) is 3.92. The highest BCUT2D eigenvalue weighted by molar-refractivity contribution is 5.96. The van der Waals surface area contributed by atoms with E-state index in [9.17, 15) is 4.79 Å². The number of methoxy groups -OCH3 is 4. The van der Waals surface area contributed by atoms with Crippen LogP contribution < -0.4 is 14.2 Å². The lowest BCUT2D eigenvalue weighted by atomic mass is 10.1. The van der Waals surface area contributed by atoms with Gasteiger partial charge in [0.15, 0.2) is 11.5 Å². The van der Waals surface area contributed by atoms with Gasteiger partial charge in [0.1, 0.15) is 0 Å². The molecule has 0 saturated heterocycles. The van der Waals surface area contributed by atoms with Crippen LogP contribution in [0.3, 0.4) is 0 Å². The number of rotatable bonds is 6. The molecule has 0 atom stereocenters. The molecular weight excluding hydrogens is 352 g/mol. The first-order valence-electron chi connectivity index (χ1n) is 7.95. The molecule has 27 heavy (non-hydrogen) atoms. The van der Waals surface area contributed by atoms with Gasteiger partial charge in [-0.15, -0.1) is 10.2 Å². The molecule has 0 unspecified atom stereocenters. The SMILES string of the molecule is COC(=O)c1ccccc1-c1nnc(-c2ccc(OC)c(OC)c2OC)o1. The van der Waals surface area contributed by atoms with E-state index in [1.54, 1.807) is 36.4 Å². The van der Waals surface area contributed by atoms with Crippen molar-refractivity contribution >= 4 is 5.97 Å². The Kier molecular flexibility index (Phi) is 5.25. The Morgan fingerprint density at radius 1 is 0.815 bits per heavy atom.